The Bertz CT molecular complexity index is 568. The first-order valence-electron chi connectivity index (χ1n) is 8.40. The van der Waals surface area contributed by atoms with Crippen LogP contribution in [0.15, 0.2) is 18.3 Å². The van der Waals surface area contributed by atoms with Crippen molar-refractivity contribution in [3.05, 3.63) is 24.0 Å². The fourth-order valence-corrected chi connectivity index (χ4v) is 2.28. The van der Waals surface area contributed by atoms with Gasteiger partial charge in [-0.2, -0.15) is 0 Å². The van der Waals surface area contributed by atoms with E-state index < -0.39 is 12.4 Å². The molecular formula is C17H25N3O4. The van der Waals surface area contributed by atoms with E-state index in [1.54, 1.807) is 17.0 Å². The Morgan fingerprint density at radius 3 is 3.04 bits per heavy atom. The molecule has 1 aliphatic rings. The fourth-order valence-electron chi connectivity index (χ4n) is 2.28. The van der Waals surface area contributed by atoms with E-state index in [1.807, 2.05) is 0 Å². The minimum Gasteiger partial charge on any atom is -0.349 e. The normalized spacial score (nSPS) is 20.7. The van der Waals surface area contributed by atoms with E-state index in [-0.39, 0.29) is 5.78 Å². The van der Waals surface area contributed by atoms with Crippen molar-refractivity contribution in [3.8, 4) is 0 Å². The summed E-state index contributed by atoms with van der Waals surface area (Å²) >= 11 is 0. The molecule has 1 aliphatic heterocycles. The number of ether oxygens (including phenoxy) is 2. The Kier molecular flexibility index (Phi) is 7.27. The lowest BCUT2D eigenvalue weighted by atomic mass is 10.1. The van der Waals surface area contributed by atoms with Gasteiger partial charge in [0.2, 0.25) is 0 Å². The van der Waals surface area contributed by atoms with Gasteiger partial charge in [0, 0.05) is 12.6 Å². The fraction of sp³-hybridized carbons (Fsp3) is 0.647. The van der Waals surface area contributed by atoms with Gasteiger partial charge in [-0.25, -0.2) is 4.68 Å². The monoisotopic (exact) mass is 335 g/mol. The van der Waals surface area contributed by atoms with Gasteiger partial charge in [0.05, 0.1) is 18.8 Å². The topological polar surface area (TPSA) is 83.3 Å². The van der Waals surface area contributed by atoms with E-state index >= 15 is 0 Å². The highest BCUT2D eigenvalue weighted by molar-refractivity contribution is 5.94. The lowest BCUT2D eigenvalue weighted by molar-refractivity contribution is -0.166. The van der Waals surface area contributed by atoms with E-state index in [1.165, 1.54) is 6.08 Å². The van der Waals surface area contributed by atoms with E-state index in [9.17, 15) is 9.59 Å². The molecule has 132 valence electrons. The molecule has 7 nitrogen and oxygen atoms in total. The highest BCUT2D eigenvalue weighted by Crippen LogP contribution is 2.14. The summed E-state index contributed by atoms with van der Waals surface area (Å²) in [6, 6.07) is 0. The van der Waals surface area contributed by atoms with E-state index in [2.05, 4.69) is 24.2 Å². The van der Waals surface area contributed by atoms with Crippen molar-refractivity contribution >= 4 is 12.1 Å². The number of carbonyl (C=O) groups excluding carboxylic acids is 2. The summed E-state index contributed by atoms with van der Waals surface area (Å²) < 4.78 is 12.9. The molecule has 0 spiro atoms. The van der Waals surface area contributed by atoms with Crippen LogP contribution in [0.4, 0.5) is 0 Å². The van der Waals surface area contributed by atoms with Crippen LogP contribution in [0.1, 0.15) is 38.8 Å². The van der Waals surface area contributed by atoms with Crippen LogP contribution in [-0.2, 0) is 32.0 Å². The molecule has 0 aromatic carbocycles. The highest BCUT2D eigenvalue weighted by atomic mass is 16.7. The minimum atomic E-state index is -0.622. The zero-order chi connectivity index (χ0) is 17.4. The molecular weight excluding hydrogens is 310 g/mol. The van der Waals surface area contributed by atoms with Gasteiger partial charge in [-0.05, 0) is 37.3 Å². The first kappa shape index (κ1) is 18.5. The van der Waals surface area contributed by atoms with Gasteiger partial charge in [0.15, 0.2) is 12.1 Å². The van der Waals surface area contributed by atoms with Gasteiger partial charge in [-0.15, -0.1) is 5.10 Å². The molecule has 0 amide bonds. The van der Waals surface area contributed by atoms with Crippen LogP contribution < -0.4 is 0 Å². The molecule has 0 radical (unpaired) electrons. The maximum absolute atomic E-state index is 12.0. The van der Waals surface area contributed by atoms with Gasteiger partial charge in [0.1, 0.15) is 12.4 Å². The van der Waals surface area contributed by atoms with E-state index in [0.29, 0.717) is 31.9 Å². The molecule has 24 heavy (non-hydrogen) atoms. The smallest absolute Gasteiger partial charge is 0.186 e. The number of aromatic nitrogens is 3. The van der Waals surface area contributed by atoms with Gasteiger partial charge in [-0.3, -0.25) is 4.79 Å². The molecule has 0 saturated carbocycles. The molecule has 0 aliphatic carbocycles. The second-order valence-electron chi connectivity index (χ2n) is 6.30. The van der Waals surface area contributed by atoms with Gasteiger partial charge in [-0.1, -0.05) is 19.1 Å². The SMILES string of the molecule is CC(C)CCO[C@@H]1C=CC(=O)[C@@H](Cn2cc(CCCC=O)nn2)O1. The molecule has 0 unspecified atom stereocenters. The van der Waals surface area contributed by atoms with Crippen LogP contribution in [0.3, 0.4) is 0 Å². The summed E-state index contributed by atoms with van der Waals surface area (Å²) in [4.78, 5) is 22.3. The minimum absolute atomic E-state index is 0.100. The predicted octanol–water partition coefficient (Wildman–Crippen LogP) is 1.71. The van der Waals surface area contributed by atoms with Crippen LogP contribution in [0.2, 0.25) is 0 Å². The second-order valence-corrected chi connectivity index (χ2v) is 6.30. The molecule has 0 N–H and O–H groups in total. The number of hydrogen-bond donors (Lipinski definition) is 0. The number of hydrogen-bond acceptors (Lipinski definition) is 6. The number of aldehydes is 1. The number of rotatable bonds is 10. The van der Waals surface area contributed by atoms with Gasteiger partial charge >= 0.3 is 0 Å². The third-order valence-electron chi connectivity index (χ3n) is 3.70. The Morgan fingerprint density at radius 1 is 1.46 bits per heavy atom. The summed E-state index contributed by atoms with van der Waals surface area (Å²) in [5, 5.41) is 8.06. The molecule has 1 aromatic rings. The average Bonchev–Trinajstić information content (AvgIpc) is 2.98. The Morgan fingerprint density at radius 2 is 2.29 bits per heavy atom. The Balaban J connectivity index is 1.83. The summed E-state index contributed by atoms with van der Waals surface area (Å²) in [5.74, 6) is 0.458. The van der Waals surface area contributed by atoms with Crippen LogP contribution in [0, 0.1) is 5.92 Å². The van der Waals surface area contributed by atoms with Crippen molar-refractivity contribution in [1.29, 1.82) is 0 Å². The van der Waals surface area contributed by atoms with Crippen molar-refractivity contribution in [2.45, 2.75) is 58.5 Å². The molecule has 7 heteroatoms. The molecule has 2 heterocycles. The summed E-state index contributed by atoms with van der Waals surface area (Å²) in [7, 11) is 0. The van der Waals surface area contributed by atoms with Crippen LogP contribution in [0.5, 0.6) is 0 Å². The van der Waals surface area contributed by atoms with Gasteiger partial charge in [0.25, 0.3) is 0 Å². The number of carbonyl (C=O) groups is 2. The largest absolute Gasteiger partial charge is 0.349 e. The zero-order valence-electron chi connectivity index (χ0n) is 14.3. The number of ketones is 1. The maximum atomic E-state index is 12.0. The standard InChI is InChI=1S/C17H25N3O4/c1-13(2)8-10-23-17-7-6-15(22)16(24-17)12-20-11-14(18-19-20)5-3-4-9-21/h6-7,9,11,13,16-17H,3-5,8,10,12H2,1-2H3/t16-,17+/m1/s1. The second kappa shape index (κ2) is 9.44. The predicted molar refractivity (Wildman–Crippen MR) is 87.2 cm³/mol. The highest BCUT2D eigenvalue weighted by Gasteiger charge is 2.26. The van der Waals surface area contributed by atoms with Crippen molar-refractivity contribution in [2.75, 3.05) is 6.61 Å². The lowest BCUT2D eigenvalue weighted by Gasteiger charge is -2.25. The average molecular weight is 335 g/mol. The van der Waals surface area contributed by atoms with Crippen LogP contribution >= 0.6 is 0 Å². The third-order valence-corrected chi connectivity index (χ3v) is 3.70. The zero-order valence-corrected chi connectivity index (χ0v) is 14.3. The van der Waals surface area contributed by atoms with Crippen LogP contribution in [0.25, 0.3) is 0 Å². The van der Waals surface area contributed by atoms with Gasteiger partial charge < -0.3 is 14.3 Å². The van der Waals surface area contributed by atoms with E-state index in [4.69, 9.17) is 9.47 Å². The molecule has 2 rings (SSSR count). The summed E-state index contributed by atoms with van der Waals surface area (Å²) in [5.41, 5.74) is 0.806. The summed E-state index contributed by atoms with van der Waals surface area (Å²) in [6.07, 6.45) is 7.61. The molecule has 0 fully saturated rings. The Hall–Kier alpha value is -1.86. The quantitative estimate of drug-likeness (QED) is 0.478. The van der Waals surface area contributed by atoms with Crippen LogP contribution in [-0.4, -0.2) is 46.1 Å². The molecule has 1 aromatic heterocycles. The maximum Gasteiger partial charge on any atom is 0.186 e. The molecule has 0 saturated heterocycles. The first-order chi connectivity index (χ1) is 11.6. The van der Waals surface area contributed by atoms with Crippen molar-refractivity contribution < 1.29 is 19.1 Å². The lowest BCUT2D eigenvalue weighted by Crippen LogP contribution is -2.36. The molecule has 2 atom stereocenters. The van der Waals surface area contributed by atoms with E-state index in [0.717, 1.165) is 24.8 Å². The van der Waals surface area contributed by atoms with Crippen molar-refractivity contribution in [2.24, 2.45) is 5.92 Å². The number of unbranched alkanes of at least 4 members (excludes halogenated alkanes) is 1. The number of aryl methyl sites for hydroxylation is 1. The first-order valence-corrected chi connectivity index (χ1v) is 8.40. The Labute approximate surface area is 142 Å². The molecule has 0 bridgehead atoms. The third kappa shape index (κ3) is 5.98. The number of nitrogens with zero attached hydrogens (tertiary/aromatic N) is 3. The summed E-state index contributed by atoms with van der Waals surface area (Å²) in [6.45, 7) is 5.15. The van der Waals surface area contributed by atoms with Crippen molar-refractivity contribution in [1.82, 2.24) is 15.0 Å². The van der Waals surface area contributed by atoms with Crippen molar-refractivity contribution in [3.63, 3.8) is 0 Å².